The van der Waals surface area contributed by atoms with Crippen LogP contribution >= 0.6 is 0 Å². The van der Waals surface area contributed by atoms with Crippen molar-refractivity contribution in [1.29, 1.82) is 0 Å². The number of nitrogens with zero attached hydrogens (tertiary/aromatic N) is 3. The molecule has 0 atom stereocenters. The average molecular weight is 381 g/mol. The lowest BCUT2D eigenvalue weighted by Crippen LogP contribution is -2.57. The number of aryl methyl sites for hydroxylation is 2. The SMILES string of the molecule is CCc1ccc2c(c1)N(C(=O)c1c(C)nn3c1NCCC3(C)C)C2(CC)CC. The van der Waals surface area contributed by atoms with Crippen LogP contribution < -0.4 is 10.2 Å². The number of aromatic nitrogens is 2. The standard InChI is InChI=1S/C23H32N4O/c1-7-16-10-11-17-18(14-16)26(23(17,8-2)9-3)21(28)19-15(4)25-27-20(19)24-13-12-22(27,5)6/h10-11,14,24H,7-9,12-13H2,1-6H3. The first-order valence-electron chi connectivity index (χ1n) is 10.6. The van der Waals surface area contributed by atoms with E-state index in [2.05, 4.69) is 63.0 Å². The Labute approximate surface area is 168 Å². The van der Waals surface area contributed by atoms with Gasteiger partial charge in [-0.2, -0.15) is 5.10 Å². The Morgan fingerprint density at radius 2 is 1.93 bits per heavy atom. The molecular formula is C23H32N4O. The fourth-order valence-electron chi connectivity index (χ4n) is 5.01. The Morgan fingerprint density at radius 3 is 2.57 bits per heavy atom. The van der Waals surface area contributed by atoms with Gasteiger partial charge in [-0.3, -0.25) is 9.69 Å². The summed E-state index contributed by atoms with van der Waals surface area (Å²) >= 11 is 0. The van der Waals surface area contributed by atoms with Gasteiger partial charge in [-0.1, -0.05) is 32.9 Å². The van der Waals surface area contributed by atoms with Crippen molar-refractivity contribution >= 4 is 17.4 Å². The summed E-state index contributed by atoms with van der Waals surface area (Å²) in [5, 5.41) is 8.22. The molecule has 1 aromatic heterocycles. The van der Waals surface area contributed by atoms with E-state index < -0.39 is 0 Å². The molecule has 0 fully saturated rings. The molecule has 2 aliphatic rings. The normalized spacial score (nSPS) is 18.7. The third kappa shape index (κ3) is 2.38. The van der Waals surface area contributed by atoms with Crippen molar-refractivity contribution in [2.45, 2.75) is 78.3 Å². The van der Waals surface area contributed by atoms with Gasteiger partial charge in [0, 0.05) is 12.1 Å². The summed E-state index contributed by atoms with van der Waals surface area (Å²) in [7, 11) is 0. The summed E-state index contributed by atoms with van der Waals surface area (Å²) in [6.45, 7) is 13.7. The number of carbonyl (C=O) groups excluding carboxylic acids is 1. The Balaban J connectivity index is 1.85. The summed E-state index contributed by atoms with van der Waals surface area (Å²) in [5.74, 6) is 0.952. The smallest absolute Gasteiger partial charge is 0.264 e. The minimum Gasteiger partial charge on any atom is -0.369 e. The van der Waals surface area contributed by atoms with Crippen LogP contribution in [-0.4, -0.2) is 22.2 Å². The molecule has 0 spiro atoms. The molecule has 1 aromatic carbocycles. The topological polar surface area (TPSA) is 50.2 Å². The lowest BCUT2D eigenvalue weighted by molar-refractivity contribution is 0.0931. The molecule has 1 amide bonds. The van der Waals surface area contributed by atoms with Crippen LogP contribution in [0.5, 0.6) is 0 Å². The molecule has 4 rings (SSSR count). The van der Waals surface area contributed by atoms with Gasteiger partial charge in [-0.15, -0.1) is 0 Å². The van der Waals surface area contributed by atoms with Gasteiger partial charge in [-0.05, 0) is 58.1 Å². The maximum absolute atomic E-state index is 13.9. The van der Waals surface area contributed by atoms with Crippen molar-refractivity contribution < 1.29 is 4.79 Å². The zero-order chi connectivity index (χ0) is 20.3. The minimum absolute atomic E-state index is 0.0772. The van der Waals surface area contributed by atoms with Crippen LogP contribution in [0.15, 0.2) is 18.2 Å². The van der Waals surface area contributed by atoms with Crippen molar-refractivity contribution in [3.8, 4) is 0 Å². The van der Waals surface area contributed by atoms with E-state index in [0.29, 0.717) is 0 Å². The van der Waals surface area contributed by atoms with Crippen LogP contribution in [0.25, 0.3) is 0 Å². The number of hydrogen-bond donors (Lipinski definition) is 1. The van der Waals surface area contributed by atoms with E-state index in [1.54, 1.807) is 0 Å². The molecule has 0 bridgehead atoms. The molecule has 0 unspecified atom stereocenters. The van der Waals surface area contributed by atoms with Crippen molar-refractivity contribution in [2.24, 2.45) is 0 Å². The molecule has 28 heavy (non-hydrogen) atoms. The fraction of sp³-hybridized carbons (Fsp3) is 0.565. The number of hydrogen-bond acceptors (Lipinski definition) is 3. The average Bonchev–Trinajstić information content (AvgIpc) is 3.01. The van der Waals surface area contributed by atoms with E-state index in [1.807, 2.05) is 11.6 Å². The molecule has 2 aromatic rings. The molecular weight excluding hydrogens is 348 g/mol. The molecule has 0 saturated heterocycles. The molecule has 1 N–H and O–H groups in total. The van der Waals surface area contributed by atoms with Crippen LogP contribution in [0.2, 0.25) is 0 Å². The Kier molecular flexibility index (Phi) is 4.32. The van der Waals surface area contributed by atoms with Crippen molar-refractivity contribution in [3.63, 3.8) is 0 Å². The van der Waals surface area contributed by atoms with Crippen LogP contribution in [0, 0.1) is 6.92 Å². The minimum atomic E-state index is -0.218. The first-order chi connectivity index (χ1) is 13.3. The zero-order valence-electron chi connectivity index (χ0n) is 18.0. The second-order valence-corrected chi connectivity index (χ2v) is 8.79. The highest BCUT2D eigenvalue weighted by Crippen LogP contribution is 2.53. The molecule has 5 nitrogen and oxygen atoms in total. The fourth-order valence-corrected chi connectivity index (χ4v) is 5.01. The molecule has 3 heterocycles. The number of benzene rings is 1. The van der Waals surface area contributed by atoms with Crippen LogP contribution in [0.3, 0.4) is 0 Å². The Morgan fingerprint density at radius 1 is 1.21 bits per heavy atom. The largest absolute Gasteiger partial charge is 0.369 e. The molecule has 0 aliphatic carbocycles. The zero-order valence-corrected chi connectivity index (χ0v) is 18.0. The second-order valence-electron chi connectivity index (χ2n) is 8.79. The van der Waals surface area contributed by atoms with Gasteiger partial charge in [0.25, 0.3) is 5.91 Å². The number of amides is 1. The number of nitrogens with one attached hydrogen (secondary N) is 1. The first kappa shape index (κ1) is 19.0. The summed E-state index contributed by atoms with van der Waals surface area (Å²) < 4.78 is 2.02. The summed E-state index contributed by atoms with van der Waals surface area (Å²) in [4.78, 5) is 16.0. The van der Waals surface area contributed by atoms with Gasteiger partial charge < -0.3 is 5.32 Å². The third-order valence-electron chi connectivity index (χ3n) is 6.89. The van der Waals surface area contributed by atoms with Crippen LogP contribution in [-0.2, 0) is 17.5 Å². The van der Waals surface area contributed by atoms with Gasteiger partial charge in [0.1, 0.15) is 11.4 Å². The lowest BCUT2D eigenvalue weighted by atomic mass is 9.73. The molecule has 150 valence electrons. The quantitative estimate of drug-likeness (QED) is 0.814. The van der Waals surface area contributed by atoms with Crippen molar-refractivity contribution in [3.05, 3.63) is 40.6 Å². The number of anilines is 2. The highest BCUT2D eigenvalue weighted by atomic mass is 16.2. The van der Waals surface area contributed by atoms with Gasteiger partial charge in [0.15, 0.2) is 0 Å². The Hall–Kier alpha value is -2.30. The molecule has 5 heteroatoms. The summed E-state index contributed by atoms with van der Waals surface area (Å²) in [6.07, 6.45) is 3.79. The molecule has 0 radical (unpaired) electrons. The highest BCUT2D eigenvalue weighted by Gasteiger charge is 2.51. The van der Waals surface area contributed by atoms with Crippen molar-refractivity contribution in [1.82, 2.24) is 9.78 Å². The van der Waals surface area contributed by atoms with Gasteiger partial charge >= 0.3 is 0 Å². The highest BCUT2D eigenvalue weighted by molar-refractivity contribution is 6.13. The number of fused-ring (bicyclic) bond motifs is 2. The predicted octanol–water partition coefficient (Wildman–Crippen LogP) is 4.98. The molecule has 0 saturated carbocycles. The first-order valence-corrected chi connectivity index (χ1v) is 10.6. The lowest BCUT2D eigenvalue weighted by Gasteiger charge is -2.54. The van der Waals surface area contributed by atoms with E-state index in [1.165, 1.54) is 11.1 Å². The third-order valence-corrected chi connectivity index (χ3v) is 6.89. The Bertz CT molecular complexity index is 936. The van der Waals surface area contributed by atoms with Gasteiger partial charge in [-0.25, -0.2) is 4.68 Å². The van der Waals surface area contributed by atoms with E-state index >= 15 is 0 Å². The summed E-state index contributed by atoms with van der Waals surface area (Å²) in [5.41, 5.74) is 4.88. The van der Waals surface area contributed by atoms with Gasteiger partial charge in [0.05, 0.1) is 22.5 Å². The maximum atomic E-state index is 13.9. The molecule has 2 aliphatic heterocycles. The number of carbonyl (C=O) groups is 1. The van der Waals surface area contributed by atoms with E-state index in [-0.39, 0.29) is 17.0 Å². The van der Waals surface area contributed by atoms with E-state index in [9.17, 15) is 4.79 Å². The monoisotopic (exact) mass is 380 g/mol. The summed E-state index contributed by atoms with van der Waals surface area (Å²) in [6, 6.07) is 6.63. The predicted molar refractivity (Wildman–Crippen MR) is 114 cm³/mol. The van der Waals surface area contributed by atoms with Gasteiger partial charge in [0.2, 0.25) is 0 Å². The van der Waals surface area contributed by atoms with Crippen LogP contribution in [0.1, 0.15) is 81.1 Å². The van der Waals surface area contributed by atoms with E-state index in [4.69, 9.17) is 5.10 Å². The number of rotatable bonds is 4. The maximum Gasteiger partial charge on any atom is 0.264 e. The van der Waals surface area contributed by atoms with Crippen LogP contribution in [0.4, 0.5) is 11.5 Å². The van der Waals surface area contributed by atoms with E-state index in [0.717, 1.165) is 55.0 Å². The van der Waals surface area contributed by atoms with Crippen molar-refractivity contribution in [2.75, 3.05) is 16.8 Å². The second kappa shape index (κ2) is 6.36.